The summed E-state index contributed by atoms with van der Waals surface area (Å²) in [5, 5.41) is 9.32. The molecule has 7 heteroatoms. The molecule has 1 N–H and O–H groups in total. The summed E-state index contributed by atoms with van der Waals surface area (Å²) in [5.41, 5.74) is -3.81. The lowest BCUT2D eigenvalue weighted by Crippen LogP contribution is -2.31. The monoisotopic (exact) mass is 305 g/mol. The predicted octanol–water partition coefficient (Wildman–Crippen LogP) is 3.52. The molecule has 1 saturated heterocycles. The van der Waals surface area contributed by atoms with Crippen molar-refractivity contribution in [3.63, 3.8) is 0 Å². The van der Waals surface area contributed by atoms with E-state index in [0.717, 1.165) is 12.8 Å². The molecule has 3 nitrogen and oxygen atoms in total. The van der Waals surface area contributed by atoms with E-state index in [9.17, 15) is 23.1 Å². The van der Waals surface area contributed by atoms with Crippen LogP contribution in [0.5, 0.6) is 0 Å². The fourth-order valence-corrected chi connectivity index (χ4v) is 2.90. The Morgan fingerprint density at radius 3 is 2.20 bits per heavy atom. The van der Waals surface area contributed by atoms with Gasteiger partial charge in [0, 0.05) is 4.90 Å². The van der Waals surface area contributed by atoms with Gasteiger partial charge in [0.05, 0.1) is 0 Å². The third-order valence-electron chi connectivity index (χ3n) is 3.17. The maximum atomic E-state index is 12.2. The van der Waals surface area contributed by atoms with Crippen LogP contribution < -0.4 is 0 Å². The normalized spacial score (nSPS) is 18.1. The van der Waals surface area contributed by atoms with E-state index in [1.807, 2.05) is 4.90 Å². The Labute approximate surface area is 118 Å². The van der Waals surface area contributed by atoms with E-state index >= 15 is 0 Å². The Bertz CT molecular complexity index is 469. The van der Waals surface area contributed by atoms with Crippen LogP contribution in [-0.4, -0.2) is 34.6 Å². The van der Waals surface area contributed by atoms with Crippen molar-refractivity contribution in [1.29, 1.82) is 0 Å². The van der Waals surface area contributed by atoms with Crippen LogP contribution in [0.4, 0.5) is 13.2 Å². The number of alkyl halides is 3. The number of carboxylic acids is 1. The number of rotatable bonds is 4. The van der Waals surface area contributed by atoms with Gasteiger partial charge in [-0.15, -0.1) is 0 Å². The smallest absolute Gasteiger partial charge is 0.446 e. The molecule has 1 atom stereocenters. The van der Waals surface area contributed by atoms with Crippen molar-refractivity contribution in [3.8, 4) is 0 Å². The number of likely N-dealkylation sites (tertiary alicyclic amines) is 1. The van der Waals surface area contributed by atoms with Gasteiger partial charge in [0.15, 0.2) is 0 Å². The molecule has 0 aliphatic carbocycles. The number of nitrogens with zero attached hydrogens (tertiary/aromatic N) is 1. The van der Waals surface area contributed by atoms with Crippen molar-refractivity contribution >= 4 is 17.7 Å². The molecule has 1 aliphatic heterocycles. The topological polar surface area (TPSA) is 40.5 Å². The number of benzene rings is 1. The molecule has 2 rings (SSSR count). The van der Waals surface area contributed by atoms with Gasteiger partial charge in [-0.2, -0.15) is 13.2 Å². The van der Waals surface area contributed by atoms with Crippen LogP contribution in [-0.2, 0) is 4.79 Å². The van der Waals surface area contributed by atoms with E-state index in [4.69, 9.17) is 0 Å². The number of carbonyl (C=O) groups is 1. The summed E-state index contributed by atoms with van der Waals surface area (Å²) >= 11 is -0.199. The Morgan fingerprint density at radius 1 is 1.20 bits per heavy atom. The van der Waals surface area contributed by atoms with Gasteiger partial charge < -0.3 is 5.11 Å². The first-order chi connectivity index (χ1) is 9.37. The SMILES string of the molecule is O=C(O)C(c1ccc(SC(F)(F)F)cc1)N1CCCC1. The Kier molecular flexibility index (Phi) is 4.59. The van der Waals surface area contributed by atoms with E-state index in [2.05, 4.69) is 0 Å². The lowest BCUT2D eigenvalue weighted by Gasteiger charge is -2.24. The second-order valence-corrected chi connectivity index (χ2v) is 5.74. The zero-order valence-electron chi connectivity index (χ0n) is 10.6. The highest BCUT2D eigenvalue weighted by Crippen LogP contribution is 2.37. The average molecular weight is 305 g/mol. The summed E-state index contributed by atoms with van der Waals surface area (Å²) in [6, 6.07) is 4.79. The molecule has 1 aromatic carbocycles. The van der Waals surface area contributed by atoms with E-state index in [-0.39, 0.29) is 16.7 Å². The first-order valence-corrected chi connectivity index (χ1v) is 7.01. The van der Waals surface area contributed by atoms with Gasteiger partial charge in [0.25, 0.3) is 0 Å². The lowest BCUT2D eigenvalue weighted by molar-refractivity contribution is -0.143. The second kappa shape index (κ2) is 6.05. The third kappa shape index (κ3) is 3.89. The van der Waals surface area contributed by atoms with Crippen LogP contribution in [0.1, 0.15) is 24.4 Å². The fourth-order valence-electron chi connectivity index (χ4n) is 2.36. The average Bonchev–Trinajstić information content (AvgIpc) is 2.83. The number of aliphatic carboxylic acids is 1. The van der Waals surface area contributed by atoms with Crippen LogP contribution in [0.15, 0.2) is 29.2 Å². The summed E-state index contributed by atoms with van der Waals surface area (Å²) in [7, 11) is 0. The lowest BCUT2D eigenvalue weighted by atomic mass is 10.1. The van der Waals surface area contributed by atoms with Crippen molar-refractivity contribution in [1.82, 2.24) is 4.90 Å². The summed E-state index contributed by atoms with van der Waals surface area (Å²) in [6.45, 7) is 1.41. The Balaban J connectivity index is 2.16. The van der Waals surface area contributed by atoms with E-state index in [0.29, 0.717) is 18.7 Å². The summed E-state index contributed by atoms with van der Waals surface area (Å²) in [6.07, 6.45) is 1.90. The summed E-state index contributed by atoms with van der Waals surface area (Å²) in [4.78, 5) is 13.3. The summed E-state index contributed by atoms with van der Waals surface area (Å²) in [5.74, 6) is -0.969. The van der Waals surface area contributed by atoms with Gasteiger partial charge in [0.2, 0.25) is 0 Å². The van der Waals surface area contributed by atoms with Crippen molar-refractivity contribution in [2.75, 3.05) is 13.1 Å². The first-order valence-electron chi connectivity index (χ1n) is 6.19. The highest BCUT2D eigenvalue weighted by Gasteiger charge is 2.31. The molecule has 0 radical (unpaired) electrons. The number of thioether (sulfide) groups is 1. The molecule has 0 amide bonds. The molecular weight excluding hydrogens is 291 g/mol. The maximum Gasteiger partial charge on any atom is 0.446 e. The Morgan fingerprint density at radius 2 is 1.75 bits per heavy atom. The molecule has 1 fully saturated rings. The molecule has 0 bridgehead atoms. The van der Waals surface area contributed by atoms with E-state index in [1.54, 1.807) is 0 Å². The van der Waals surface area contributed by atoms with Crippen LogP contribution >= 0.6 is 11.8 Å². The molecule has 20 heavy (non-hydrogen) atoms. The molecule has 1 aromatic rings. The van der Waals surface area contributed by atoms with Gasteiger partial charge in [-0.25, -0.2) is 0 Å². The Hall–Kier alpha value is -1.21. The number of hydrogen-bond donors (Lipinski definition) is 1. The largest absolute Gasteiger partial charge is 0.480 e. The predicted molar refractivity (Wildman–Crippen MR) is 69.5 cm³/mol. The number of halogens is 3. The van der Waals surface area contributed by atoms with Crippen LogP contribution in [0.3, 0.4) is 0 Å². The van der Waals surface area contributed by atoms with E-state index < -0.39 is 17.5 Å². The standard InChI is InChI=1S/C13H14F3NO2S/c14-13(15,16)20-10-5-3-9(4-6-10)11(12(18)19)17-7-1-2-8-17/h3-6,11H,1-2,7-8H2,(H,18,19). The molecule has 0 saturated carbocycles. The van der Waals surface area contributed by atoms with Crippen molar-refractivity contribution in [2.24, 2.45) is 0 Å². The zero-order chi connectivity index (χ0) is 14.8. The zero-order valence-corrected chi connectivity index (χ0v) is 11.4. The third-order valence-corrected chi connectivity index (χ3v) is 3.91. The van der Waals surface area contributed by atoms with Crippen LogP contribution in [0.2, 0.25) is 0 Å². The molecule has 110 valence electrons. The van der Waals surface area contributed by atoms with Crippen molar-refractivity contribution in [2.45, 2.75) is 29.3 Å². The van der Waals surface area contributed by atoms with Gasteiger partial charge in [-0.1, -0.05) is 12.1 Å². The van der Waals surface area contributed by atoms with Crippen LogP contribution in [0, 0.1) is 0 Å². The molecule has 1 heterocycles. The number of carboxylic acid groups (broad SMARTS) is 1. The molecule has 0 aromatic heterocycles. The van der Waals surface area contributed by atoms with Gasteiger partial charge in [-0.05, 0) is 55.4 Å². The molecule has 1 unspecified atom stereocenters. The highest BCUT2D eigenvalue weighted by atomic mass is 32.2. The second-order valence-electron chi connectivity index (χ2n) is 4.60. The van der Waals surface area contributed by atoms with E-state index in [1.165, 1.54) is 24.3 Å². The molecule has 0 spiro atoms. The number of hydrogen-bond acceptors (Lipinski definition) is 3. The van der Waals surface area contributed by atoms with Gasteiger partial charge in [0.1, 0.15) is 6.04 Å². The minimum atomic E-state index is -4.33. The van der Waals surface area contributed by atoms with Gasteiger partial charge in [-0.3, -0.25) is 9.69 Å². The fraction of sp³-hybridized carbons (Fsp3) is 0.462. The maximum absolute atomic E-state index is 12.2. The van der Waals surface area contributed by atoms with Gasteiger partial charge >= 0.3 is 11.5 Å². The molecular formula is C13H14F3NO2S. The van der Waals surface area contributed by atoms with Crippen LogP contribution in [0.25, 0.3) is 0 Å². The quantitative estimate of drug-likeness (QED) is 0.864. The highest BCUT2D eigenvalue weighted by molar-refractivity contribution is 8.00. The molecule has 1 aliphatic rings. The summed E-state index contributed by atoms with van der Waals surface area (Å²) < 4.78 is 36.7. The van der Waals surface area contributed by atoms with Crippen molar-refractivity contribution < 1.29 is 23.1 Å². The minimum absolute atomic E-state index is 0.0619. The first kappa shape index (κ1) is 15.2. The minimum Gasteiger partial charge on any atom is -0.480 e. The van der Waals surface area contributed by atoms with Crippen molar-refractivity contribution in [3.05, 3.63) is 29.8 Å².